The Morgan fingerprint density at radius 2 is 2.00 bits per heavy atom. The monoisotopic (exact) mass is 272 g/mol. The smallest absolute Gasteiger partial charge is 0.206 e. The van der Waals surface area contributed by atoms with Crippen molar-refractivity contribution < 1.29 is 8.42 Å². The van der Waals surface area contributed by atoms with Gasteiger partial charge in [0.1, 0.15) is 9.75 Å². The van der Waals surface area contributed by atoms with Gasteiger partial charge in [-0.3, -0.25) is 0 Å². The third-order valence-corrected chi connectivity index (χ3v) is 5.76. The van der Waals surface area contributed by atoms with E-state index in [4.69, 9.17) is 5.26 Å². The van der Waals surface area contributed by atoms with Gasteiger partial charge in [0.15, 0.2) is 0 Å². The minimum Gasteiger partial charge on any atom is -0.206 e. The van der Waals surface area contributed by atoms with Crippen molar-refractivity contribution in [1.29, 1.82) is 5.26 Å². The van der Waals surface area contributed by atoms with E-state index >= 15 is 0 Å². The van der Waals surface area contributed by atoms with Crippen LogP contribution in [-0.2, 0) is 10.0 Å². The summed E-state index contributed by atoms with van der Waals surface area (Å²) in [6.45, 7) is 5.45. The zero-order valence-electron chi connectivity index (χ0n) is 10.1. The van der Waals surface area contributed by atoms with E-state index in [2.05, 4.69) is 10.8 Å². The molecule has 0 saturated heterocycles. The first-order valence-electron chi connectivity index (χ1n) is 5.41. The Kier molecular flexibility index (Phi) is 4.31. The van der Waals surface area contributed by atoms with E-state index in [1.807, 2.05) is 6.92 Å². The number of thiophene rings is 1. The Hall–Kier alpha value is -0.900. The van der Waals surface area contributed by atoms with Crippen molar-refractivity contribution in [1.82, 2.24) is 4.72 Å². The van der Waals surface area contributed by atoms with Gasteiger partial charge in [-0.2, -0.15) is 9.98 Å². The summed E-state index contributed by atoms with van der Waals surface area (Å²) in [6, 6.07) is 5.38. The van der Waals surface area contributed by atoms with Crippen molar-refractivity contribution in [2.24, 2.45) is 0 Å². The SMILES string of the molecule is CCC(C#N)(CC)NS(=O)(=O)c1ccc(C)s1. The summed E-state index contributed by atoms with van der Waals surface area (Å²) in [7, 11) is -3.59. The van der Waals surface area contributed by atoms with Gasteiger partial charge in [-0.15, -0.1) is 11.3 Å². The first kappa shape index (κ1) is 14.2. The van der Waals surface area contributed by atoms with Crippen LogP contribution in [0.1, 0.15) is 31.6 Å². The van der Waals surface area contributed by atoms with E-state index in [9.17, 15) is 8.42 Å². The number of sulfonamides is 1. The minimum absolute atomic E-state index is 0.261. The van der Waals surface area contributed by atoms with Crippen molar-refractivity contribution in [3.8, 4) is 6.07 Å². The molecule has 0 aromatic carbocycles. The summed E-state index contributed by atoms with van der Waals surface area (Å²) < 4.78 is 26.9. The Balaban J connectivity index is 3.06. The molecule has 0 atom stereocenters. The van der Waals surface area contributed by atoms with E-state index in [1.165, 1.54) is 11.3 Å². The maximum absolute atomic E-state index is 12.1. The van der Waals surface area contributed by atoms with Crippen LogP contribution in [0, 0.1) is 18.3 Å². The molecule has 17 heavy (non-hydrogen) atoms. The molecule has 1 aromatic heterocycles. The Morgan fingerprint density at radius 1 is 1.41 bits per heavy atom. The minimum atomic E-state index is -3.59. The van der Waals surface area contributed by atoms with Gasteiger partial charge in [0.25, 0.3) is 10.0 Å². The summed E-state index contributed by atoms with van der Waals surface area (Å²) in [5.41, 5.74) is -1.00. The largest absolute Gasteiger partial charge is 0.251 e. The van der Waals surface area contributed by atoms with Gasteiger partial charge in [-0.25, -0.2) is 8.42 Å². The molecule has 1 heterocycles. The first-order chi connectivity index (χ1) is 7.89. The zero-order chi connectivity index (χ0) is 13.1. The lowest BCUT2D eigenvalue weighted by Crippen LogP contribution is -2.46. The van der Waals surface area contributed by atoms with E-state index in [-0.39, 0.29) is 4.21 Å². The zero-order valence-corrected chi connectivity index (χ0v) is 11.8. The third kappa shape index (κ3) is 3.06. The van der Waals surface area contributed by atoms with Crippen molar-refractivity contribution >= 4 is 21.4 Å². The number of aryl methyl sites for hydroxylation is 1. The molecule has 0 amide bonds. The quantitative estimate of drug-likeness (QED) is 0.895. The molecule has 0 bridgehead atoms. The molecule has 6 heteroatoms. The molecule has 94 valence electrons. The van der Waals surface area contributed by atoms with Crippen LogP contribution in [0.5, 0.6) is 0 Å². The molecule has 1 rings (SSSR count). The van der Waals surface area contributed by atoms with Crippen molar-refractivity contribution in [3.05, 3.63) is 17.0 Å². The van der Waals surface area contributed by atoms with Crippen LogP contribution in [0.2, 0.25) is 0 Å². The Labute approximate surface area is 106 Å². The molecule has 4 nitrogen and oxygen atoms in total. The molecule has 0 spiro atoms. The molecule has 0 saturated carbocycles. The Bertz CT molecular complexity index is 522. The van der Waals surface area contributed by atoms with E-state index < -0.39 is 15.6 Å². The Morgan fingerprint density at radius 3 is 2.35 bits per heavy atom. The predicted octanol–water partition coefficient (Wildman–Crippen LogP) is 2.42. The topological polar surface area (TPSA) is 70.0 Å². The molecular weight excluding hydrogens is 256 g/mol. The fourth-order valence-corrected chi connectivity index (χ4v) is 4.18. The van der Waals surface area contributed by atoms with Gasteiger partial charge < -0.3 is 0 Å². The van der Waals surface area contributed by atoms with Crippen LogP contribution in [0.15, 0.2) is 16.3 Å². The fourth-order valence-electron chi connectivity index (χ4n) is 1.44. The van der Waals surface area contributed by atoms with Crippen molar-refractivity contribution in [3.63, 3.8) is 0 Å². The highest BCUT2D eigenvalue weighted by molar-refractivity contribution is 7.91. The molecular formula is C11H16N2O2S2. The molecule has 0 aliphatic carbocycles. The van der Waals surface area contributed by atoms with Gasteiger partial charge in [-0.1, -0.05) is 13.8 Å². The summed E-state index contributed by atoms with van der Waals surface area (Å²) in [5, 5.41) is 9.12. The first-order valence-corrected chi connectivity index (χ1v) is 7.71. The number of rotatable bonds is 5. The van der Waals surface area contributed by atoms with Crippen LogP contribution in [-0.4, -0.2) is 14.0 Å². The van der Waals surface area contributed by atoms with Gasteiger partial charge in [0.05, 0.1) is 6.07 Å². The number of nitrogens with one attached hydrogen (secondary N) is 1. The molecule has 0 aliphatic heterocycles. The number of hydrogen-bond donors (Lipinski definition) is 1. The van der Waals surface area contributed by atoms with Crippen LogP contribution < -0.4 is 4.72 Å². The van der Waals surface area contributed by atoms with Crippen LogP contribution in [0.4, 0.5) is 0 Å². The van der Waals surface area contributed by atoms with Gasteiger partial charge >= 0.3 is 0 Å². The van der Waals surface area contributed by atoms with E-state index in [0.717, 1.165) is 4.88 Å². The number of nitriles is 1. The highest BCUT2D eigenvalue weighted by atomic mass is 32.2. The fraction of sp³-hybridized carbons (Fsp3) is 0.545. The molecule has 1 aromatic rings. The second-order valence-corrected chi connectivity index (χ2v) is 7.07. The summed E-state index contributed by atoms with van der Waals surface area (Å²) in [5.74, 6) is 0. The molecule has 0 unspecified atom stereocenters. The highest BCUT2D eigenvalue weighted by Crippen LogP contribution is 2.24. The van der Waals surface area contributed by atoms with E-state index in [1.54, 1.807) is 26.0 Å². The van der Waals surface area contributed by atoms with Crippen molar-refractivity contribution in [2.45, 2.75) is 43.4 Å². The second kappa shape index (κ2) is 5.17. The lowest BCUT2D eigenvalue weighted by molar-refractivity contribution is 0.447. The normalized spacial score (nSPS) is 12.4. The lowest BCUT2D eigenvalue weighted by Gasteiger charge is -2.24. The molecule has 0 aliphatic rings. The van der Waals surface area contributed by atoms with Gasteiger partial charge in [0, 0.05) is 4.88 Å². The van der Waals surface area contributed by atoms with Crippen LogP contribution in [0.25, 0.3) is 0 Å². The summed E-state index contributed by atoms with van der Waals surface area (Å²) >= 11 is 1.21. The second-order valence-electron chi connectivity index (χ2n) is 3.87. The molecule has 1 N–H and O–H groups in total. The third-order valence-electron chi connectivity index (χ3n) is 2.73. The molecule has 0 fully saturated rings. The number of hydrogen-bond acceptors (Lipinski definition) is 4. The van der Waals surface area contributed by atoms with Crippen molar-refractivity contribution in [2.75, 3.05) is 0 Å². The van der Waals surface area contributed by atoms with Crippen LogP contribution >= 0.6 is 11.3 Å². The summed E-state index contributed by atoms with van der Waals surface area (Å²) in [6.07, 6.45) is 0.896. The average Bonchev–Trinajstić information content (AvgIpc) is 2.74. The van der Waals surface area contributed by atoms with Gasteiger partial charge in [-0.05, 0) is 31.9 Å². The van der Waals surface area contributed by atoms with Crippen LogP contribution in [0.3, 0.4) is 0 Å². The summed E-state index contributed by atoms with van der Waals surface area (Å²) in [4.78, 5) is 0.931. The maximum atomic E-state index is 12.1. The molecule has 0 radical (unpaired) electrons. The maximum Gasteiger partial charge on any atom is 0.251 e. The number of nitrogens with zero attached hydrogens (tertiary/aromatic N) is 1. The highest BCUT2D eigenvalue weighted by Gasteiger charge is 2.32. The van der Waals surface area contributed by atoms with E-state index in [0.29, 0.717) is 12.8 Å². The average molecular weight is 272 g/mol. The van der Waals surface area contributed by atoms with Gasteiger partial charge in [0.2, 0.25) is 0 Å². The predicted molar refractivity (Wildman–Crippen MR) is 68.3 cm³/mol. The standard InChI is InChI=1S/C11H16N2O2S2/c1-4-11(5-2,8-12)13-17(14,15)10-7-6-9(3)16-10/h6-7,13H,4-5H2,1-3H3. The lowest BCUT2D eigenvalue weighted by atomic mass is 9.97.